The highest BCUT2D eigenvalue weighted by atomic mass is 35.5. The van der Waals surface area contributed by atoms with E-state index in [9.17, 15) is 9.59 Å². The minimum absolute atomic E-state index is 0. The largest absolute Gasteiger partial charge is 0.450 e. The molecule has 1 heterocycles. The van der Waals surface area contributed by atoms with Gasteiger partial charge in [-0.1, -0.05) is 31.2 Å². The number of anilines is 3. The molecule has 3 rings (SSSR count). The number of aryl methyl sites for hydroxylation is 2. The second-order valence-electron chi connectivity index (χ2n) is 6.65. The first kappa shape index (κ1) is 22.7. The van der Waals surface area contributed by atoms with Gasteiger partial charge in [0, 0.05) is 18.7 Å². The molecule has 1 aliphatic heterocycles. The number of hydrogen-bond acceptors (Lipinski definition) is 4. The Morgan fingerprint density at radius 2 is 1.76 bits per heavy atom. The van der Waals surface area contributed by atoms with Gasteiger partial charge in [-0.2, -0.15) is 0 Å². The molecule has 0 atom stereocenters. The summed E-state index contributed by atoms with van der Waals surface area (Å²) in [6.07, 6.45) is 1.60. The molecule has 0 saturated heterocycles. The van der Waals surface area contributed by atoms with Gasteiger partial charge in [0.1, 0.15) is 0 Å². The molecule has 0 bridgehead atoms. The minimum atomic E-state index is -0.499. The van der Waals surface area contributed by atoms with Crippen molar-refractivity contribution in [2.24, 2.45) is 0 Å². The van der Waals surface area contributed by atoms with Gasteiger partial charge < -0.3 is 10.1 Å². The third-order valence-electron chi connectivity index (χ3n) is 4.76. The summed E-state index contributed by atoms with van der Waals surface area (Å²) in [7, 11) is 0. The number of hydrogen-bond donors (Lipinski definition) is 2. The van der Waals surface area contributed by atoms with Crippen LogP contribution in [0.2, 0.25) is 0 Å². The lowest BCUT2D eigenvalue weighted by atomic mass is 10.0. The van der Waals surface area contributed by atoms with Gasteiger partial charge >= 0.3 is 6.09 Å². The number of para-hydroxylation sites is 1. The molecule has 156 valence electrons. The average Bonchev–Trinajstić information content (AvgIpc) is 2.85. The number of ether oxygens (including phenoxy) is 1. The summed E-state index contributed by atoms with van der Waals surface area (Å²) in [5, 5.41) is 5.95. The molecule has 0 aromatic heterocycles. The van der Waals surface area contributed by atoms with Gasteiger partial charge in [-0.05, 0) is 55.6 Å². The zero-order valence-corrected chi connectivity index (χ0v) is 17.7. The van der Waals surface area contributed by atoms with Crippen LogP contribution in [-0.2, 0) is 22.4 Å². The van der Waals surface area contributed by atoms with Crippen molar-refractivity contribution in [1.29, 1.82) is 0 Å². The fraction of sp³-hybridized carbons (Fsp3) is 0.364. The fourth-order valence-electron chi connectivity index (χ4n) is 3.44. The monoisotopic (exact) mass is 417 g/mol. The number of benzene rings is 2. The van der Waals surface area contributed by atoms with Crippen molar-refractivity contribution < 1.29 is 14.3 Å². The van der Waals surface area contributed by atoms with E-state index in [4.69, 9.17) is 4.74 Å². The number of halogens is 1. The summed E-state index contributed by atoms with van der Waals surface area (Å²) in [4.78, 5) is 26.8. The Morgan fingerprint density at radius 3 is 2.48 bits per heavy atom. The first-order valence-corrected chi connectivity index (χ1v) is 9.82. The van der Waals surface area contributed by atoms with Crippen LogP contribution in [0.4, 0.5) is 21.9 Å². The fourth-order valence-corrected chi connectivity index (χ4v) is 3.44. The number of amides is 2. The van der Waals surface area contributed by atoms with Crippen molar-refractivity contribution >= 4 is 41.5 Å². The molecule has 2 aromatic rings. The summed E-state index contributed by atoms with van der Waals surface area (Å²) >= 11 is 0. The van der Waals surface area contributed by atoms with E-state index >= 15 is 0 Å². The van der Waals surface area contributed by atoms with Gasteiger partial charge in [-0.3, -0.25) is 15.0 Å². The zero-order chi connectivity index (χ0) is 19.9. The Bertz CT molecular complexity index is 857. The molecule has 0 radical (unpaired) electrons. The molecule has 29 heavy (non-hydrogen) atoms. The first-order chi connectivity index (χ1) is 13.6. The Balaban J connectivity index is 0.00000300. The number of carbonyl (C=O) groups is 2. The smallest absolute Gasteiger partial charge is 0.411 e. The van der Waals surface area contributed by atoms with Crippen molar-refractivity contribution in [3.63, 3.8) is 0 Å². The summed E-state index contributed by atoms with van der Waals surface area (Å²) in [5.41, 5.74) is 4.58. The van der Waals surface area contributed by atoms with E-state index in [0.29, 0.717) is 25.3 Å². The van der Waals surface area contributed by atoms with Crippen LogP contribution in [0.15, 0.2) is 42.5 Å². The Hall–Kier alpha value is -2.57. The standard InChI is InChI=1S/C22H27N3O3.ClH/c1-3-23-14-13-21(26)25-19-8-6-5-7-16(19)9-10-17-11-12-18(15-20(17)25)24-22(27)28-4-2;/h5-8,11-12,15,23H,3-4,9-10,13-14H2,1-2H3,(H,24,27);1H. The van der Waals surface area contributed by atoms with Gasteiger partial charge in [0.15, 0.2) is 0 Å². The normalized spacial score (nSPS) is 12.1. The number of nitrogens with one attached hydrogen (secondary N) is 2. The van der Waals surface area contributed by atoms with Crippen LogP contribution >= 0.6 is 12.4 Å². The zero-order valence-electron chi connectivity index (χ0n) is 16.9. The second-order valence-corrected chi connectivity index (χ2v) is 6.65. The molecule has 0 spiro atoms. The molecule has 0 fully saturated rings. The highest BCUT2D eigenvalue weighted by Gasteiger charge is 2.26. The van der Waals surface area contributed by atoms with E-state index in [1.807, 2.05) is 43.3 Å². The van der Waals surface area contributed by atoms with Crippen LogP contribution in [0, 0.1) is 0 Å². The average molecular weight is 418 g/mol. The minimum Gasteiger partial charge on any atom is -0.450 e. The molecule has 6 nitrogen and oxygen atoms in total. The van der Waals surface area contributed by atoms with Crippen LogP contribution in [0.5, 0.6) is 0 Å². The predicted molar refractivity (Wildman–Crippen MR) is 118 cm³/mol. The lowest BCUT2D eigenvalue weighted by Crippen LogP contribution is -2.30. The maximum absolute atomic E-state index is 13.2. The van der Waals surface area contributed by atoms with E-state index in [2.05, 4.69) is 16.7 Å². The molecule has 7 heteroatoms. The third-order valence-corrected chi connectivity index (χ3v) is 4.76. The summed E-state index contributed by atoms with van der Waals surface area (Å²) in [6.45, 7) is 5.55. The third kappa shape index (κ3) is 5.49. The van der Waals surface area contributed by atoms with Crippen LogP contribution < -0.4 is 15.5 Å². The summed E-state index contributed by atoms with van der Waals surface area (Å²) < 4.78 is 4.97. The maximum Gasteiger partial charge on any atom is 0.411 e. The molecule has 1 aliphatic rings. The van der Waals surface area contributed by atoms with Gasteiger partial charge in [0.25, 0.3) is 0 Å². The predicted octanol–water partition coefficient (Wildman–Crippen LogP) is 4.44. The number of rotatable bonds is 6. The van der Waals surface area contributed by atoms with Gasteiger partial charge in [0.05, 0.1) is 18.0 Å². The molecule has 0 unspecified atom stereocenters. The van der Waals surface area contributed by atoms with Crippen molar-refractivity contribution in [2.45, 2.75) is 33.1 Å². The highest BCUT2D eigenvalue weighted by Crippen LogP contribution is 2.38. The number of fused-ring (bicyclic) bond motifs is 2. The van der Waals surface area contributed by atoms with E-state index in [-0.39, 0.29) is 18.3 Å². The van der Waals surface area contributed by atoms with Crippen LogP contribution in [0.1, 0.15) is 31.4 Å². The Labute approximate surface area is 178 Å². The lowest BCUT2D eigenvalue weighted by Gasteiger charge is -2.25. The molecule has 2 amide bonds. The maximum atomic E-state index is 13.2. The Morgan fingerprint density at radius 1 is 1.03 bits per heavy atom. The molecular formula is C22H28ClN3O3. The first-order valence-electron chi connectivity index (χ1n) is 9.82. The van der Waals surface area contributed by atoms with Crippen LogP contribution in [0.25, 0.3) is 0 Å². The van der Waals surface area contributed by atoms with Crippen molar-refractivity contribution in [3.8, 4) is 0 Å². The van der Waals surface area contributed by atoms with E-state index in [1.54, 1.807) is 11.8 Å². The van der Waals surface area contributed by atoms with Crippen molar-refractivity contribution in [2.75, 3.05) is 29.9 Å². The van der Waals surface area contributed by atoms with Crippen LogP contribution in [0.3, 0.4) is 0 Å². The van der Waals surface area contributed by atoms with Crippen LogP contribution in [-0.4, -0.2) is 31.7 Å². The molecule has 2 aromatic carbocycles. The van der Waals surface area contributed by atoms with E-state index < -0.39 is 6.09 Å². The number of carbonyl (C=O) groups excluding carboxylic acids is 2. The quantitative estimate of drug-likeness (QED) is 0.681. The second kappa shape index (κ2) is 10.8. The summed E-state index contributed by atoms with van der Waals surface area (Å²) in [5.74, 6) is 0.0323. The van der Waals surface area contributed by atoms with Gasteiger partial charge in [0.2, 0.25) is 5.91 Å². The molecule has 0 saturated carbocycles. The van der Waals surface area contributed by atoms with Gasteiger partial charge in [-0.15, -0.1) is 12.4 Å². The van der Waals surface area contributed by atoms with E-state index in [0.717, 1.165) is 41.9 Å². The molecule has 0 aliphatic carbocycles. The van der Waals surface area contributed by atoms with E-state index in [1.165, 1.54) is 0 Å². The van der Waals surface area contributed by atoms with Crippen molar-refractivity contribution in [3.05, 3.63) is 53.6 Å². The van der Waals surface area contributed by atoms with Gasteiger partial charge in [-0.25, -0.2) is 4.79 Å². The Kier molecular flexibility index (Phi) is 8.49. The SMILES string of the molecule is CCNCCC(=O)N1c2ccccc2CCc2ccc(NC(=O)OCC)cc21.Cl. The summed E-state index contributed by atoms with van der Waals surface area (Å²) in [6, 6.07) is 13.7. The highest BCUT2D eigenvalue weighted by molar-refractivity contribution is 6.03. The molecule has 2 N–H and O–H groups in total. The van der Waals surface area contributed by atoms with Crippen molar-refractivity contribution in [1.82, 2.24) is 5.32 Å². The topological polar surface area (TPSA) is 70.7 Å². The lowest BCUT2D eigenvalue weighted by molar-refractivity contribution is -0.117. The molecular weight excluding hydrogens is 390 g/mol. The number of nitrogens with zero attached hydrogens (tertiary/aromatic N) is 1.